The van der Waals surface area contributed by atoms with Gasteiger partial charge in [0.05, 0.1) is 10.7 Å². The van der Waals surface area contributed by atoms with Gasteiger partial charge in [-0.15, -0.1) is 11.3 Å². The van der Waals surface area contributed by atoms with Crippen molar-refractivity contribution in [3.8, 4) is 0 Å². The molecule has 2 N–H and O–H groups in total. The first-order valence-electron chi connectivity index (χ1n) is 5.22. The number of thiazole rings is 1. The van der Waals surface area contributed by atoms with Gasteiger partial charge in [-0.1, -0.05) is 13.8 Å². The molecule has 0 saturated heterocycles. The van der Waals surface area contributed by atoms with Gasteiger partial charge in [-0.25, -0.2) is 10.1 Å². The van der Waals surface area contributed by atoms with Crippen molar-refractivity contribution in [2.75, 3.05) is 5.32 Å². The predicted molar refractivity (Wildman–Crippen MR) is 65.3 cm³/mol. The Morgan fingerprint density at radius 2 is 2.29 bits per heavy atom. The van der Waals surface area contributed by atoms with Crippen molar-refractivity contribution in [1.82, 2.24) is 20.2 Å². The van der Waals surface area contributed by atoms with Gasteiger partial charge in [0.25, 0.3) is 5.91 Å². The second kappa shape index (κ2) is 4.62. The molecular formula is C10H13N5OS. The number of nitrogens with zero attached hydrogens (tertiary/aromatic N) is 3. The predicted octanol–water partition coefficient (Wildman–Crippen LogP) is 1.95. The Balaban J connectivity index is 2.19. The summed E-state index contributed by atoms with van der Waals surface area (Å²) < 4.78 is 0. The Morgan fingerprint density at radius 1 is 1.53 bits per heavy atom. The Labute approximate surface area is 103 Å². The molecule has 0 aromatic carbocycles. The third-order valence-electron chi connectivity index (χ3n) is 2.16. The van der Waals surface area contributed by atoms with Crippen molar-refractivity contribution in [1.29, 1.82) is 0 Å². The maximum absolute atomic E-state index is 11.9. The Hall–Kier alpha value is -1.76. The zero-order chi connectivity index (χ0) is 12.4. The van der Waals surface area contributed by atoms with Crippen molar-refractivity contribution in [2.45, 2.75) is 26.7 Å². The van der Waals surface area contributed by atoms with E-state index in [2.05, 4.69) is 39.3 Å². The summed E-state index contributed by atoms with van der Waals surface area (Å²) in [4.78, 5) is 20.8. The number of anilines is 1. The fraction of sp³-hybridized carbons (Fsp3) is 0.400. The largest absolute Gasteiger partial charge is 0.290 e. The molecule has 0 aliphatic heterocycles. The van der Waals surface area contributed by atoms with Crippen LogP contribution in [0.3, 0.4) is 0 Å². The van der Waals surface area contributed by atoms with Gasteiger partial charge in [0.1, 0.15) is 11.2 Å². The molecular weight excluding hydrogens is 238 g/mol. The number of aromatic nitrogens is 4. The van der Waals surface area contributed by atoms with Gasteiger partial charge in [0.15, 0.2) is 0 Å². The van der Waals surface area contributed by atoms with E-state index in [1.807, 2.05) is 6.92 Å². The lowest BCUT2D eigenvalue weighted by molar-refractivity contribution is 0.102. The number of hydrogen-bond acceptors (Lipinski definition) is 5. The quantitative estimate of drug-likeness (QED) is 0.873. The van der Waals surface area contributed by atoms with Crippen molar-refractivity contribution in [2.24, 2.45) is 0 Å². The molecule has 6 nitrogen and oxygen atoms in total. The lowest BCUT2D eigenvalue weighted by atomic mass is 10.2. The van der Waals surface area contributed by atoms with E-state index in [1.165, 1.54) is 17.7 Å². The maximum atomic E-state index is 11.9. The first-order valence-corrected chi connectivity index (χ1v) is 6.03. The summed E-state index contributed by atoms with van der Waals surface area (Å²) in [5.41, 5.74) is 0.746. The second-order valence-electron chi connectivity index (χ2n) is 3.91. The van der Waals surface area contributed by atoms with Crippen LogP contribution in [-0.4, -0.2) is 26.1 Å². The molecule has 2 aromatic heterocycles. The summed E-state index contributed by atoms with van der Waals surface area (Å²) in [7, 11) is 0. The molecule has 7 heteroatoms. The minimum absolute atomic E-state index is 0.205. The number of carbonyl (C=O) groups is 1. The summed E-state index contributed by atoms with van der Waals surface area (Å²) >= 11 is 1.41. The summed E-state index contributed by atoms with van der Waals surface area (Å²) in [6.07, 6.45) is 1.34. The number of rotatable bonds is 3. The fourth-order valence-corrected chi connectivity index (χ4v) is 2.27. The number of nitrogens with one attached hydrogen (secondary N) is 2. The van der Waals surface area contributed by atoms with Gasteiger partial charge in [-0.2, -0.15) is 10.1 Å². The van der Waals surface area contributed by atoms with Crippen molar-refractivity contribution >= 4 is 23.2 Å². The summed E-state index contributed by atoms with van der Waals surface area (Å²) in [5.74, 6) is 0.461. The summed E-state index contributed by atoms with van der Waals surface area (Å²) in [6, 6.07) is 0. The highest BCUT2D eigenvalue weighted by Gasteiger charge is 2.17. The molecule has 1 amide bonds. The number of hydrogen-bond donors (Lipinski definition) is 2. The van der Waals surface area contributed by atoms with Crippen LogP contribution in [-0.2, 0) is 0 Å². The molecule has 0 fully saturated rings. The van der Waals surface area contributed by atoms with E-state index in [0.29, 0.717) is 16.7 Å². The van der Waals surface area contributed by atoms with Gasteiger partial charge < -0.3 is 0 Å². The third-order valence-corrected chi connectivity index (χ3v) is 3.62. The third kappa shape index (κ3) is 2.50. The van der Waals surface area contributed by atoms with E-state index in [4.69, 9.17) is 0 Å². The average molecular weight is 251 g/mol. The molecule has 0 aliphatic rings. The molecule has 17 heavy (non-hydrogen) atoms. The molecule has 0 spiro atoms. The van der Waals surface area contributed by atoms with Crippen LogP contribution in [0, 0.1) is 6.92 Å². The lowest BCUT2D eigenvalue weighted by Crippen LogP contribution is -2.12. The highest BCUT2D eigenvalue weighted by atomic mass is 32.1. The number of aryl methyl sites for hydroxylation is 1. The number of aromatic amines is 1. The number of amides is 1. The van der Waals surface area contributed by atoms with Crippen LogP contribution < -0.4 is 5.32 Å². The van der Waals surface area contributed by atoms with E-state index < -0.39 is 0 Å². The van der Waals surface area contributed by atoms with E-state index in [9.17, 15) is 4.79 Å². The molecule has 0 radical (unpaired) electrons. The molecule has 2 heterocycles. The molecule has 0 unspecified atom stereocenters. The average Bonchev–Trinajstić information content (AvgIpc) is 2.86. The highest BCUT2D eigenvalue weighted by Crippen LogP contribution is 2.24. The van der Waals surface area contributed by atoms with Crippen LogP contribution in [0.1, 0.15) is 40.1 Å². The lowest BCUT2D eigenvalue weighted by Gasteiger charge is -1.98. The van der Waals surface area contributed by atoms with E-state index in [0.717, 1.165) is 10.7 Å². The van der Waals surface area contributed by atoms with Gasteiger partial charge in [-0.3, -0.25) is 10.1 Å². The van der Waals surface area contributed by atoms with E-state index in [1.54, 1.807) is 0 Å². The van der Waals surface area contributed by atoms with E-state index in [-0.39, 0.29) is 5.91 Å². The van der Waals surface area contributed by atoms with Crippen LogP contribution in [0.2, 0.25) is 0 Å². The van der Waals surface area contributed by atoms with Crippen LogP contribution >= 0.6 is 11.3 Å². The highest BCUT2D eigenvalue weighted by molar-refractivity contribution is 7.14. The fourth-order valence-electron chi connectivity index (χ4n) is 1.30. The van der Waals surface area contributed by atoms with Crippen molar-refractivity contribution in [3.05, 3.63) is 21.9 Å². The second-order valence-corrected chi connectivity index (χ2v) is 4.94. The standard InChI is InChI=1S/C10H13N5OS/c1-5(2)9-13-6(3)7(17-9)8(16)14-10-11-4-12-15-10/h4-5H,1-3H3,(H2,11,12,14,15,16). The Kier molecular flexibility index (Phi) is 3.19. The van der Waals surface area contributed by atoms with Gasteiger partial charge in [-0.05, 0) is 6.92 Å². The normalized spacial score (nSPS) is 10.8. The molecule has 2 rings (SSSR count). The zero-order valence-corrected chi connectivity index (χ0v) is 10.6. The Morgan fingerprint density at radius 3 is 2.82 bits per heavy atom. The van der Waals surface area contributed by atoms with Crippen LogP contribution in [0.5, 0.6) is 0 Å². The Bertz CT molecular complexity index is 517. The van der Waals surface area contributed by atoms with E-state index >= 15 is 0 Å². The topological polar surface area (TPSA) is 83.6 Å². The molecule has 0 bridgehead atoms. The minimum Gasteiger partial charge on any atom is -0.290 e. The van der Waals surface area contributed by atoms with Crippen LogP contribution in [0.25, 0.3) is 0 Å². The van der Waals surface area contributed by atoms with Gasteiger partial charge >= 0.3 is 0 Å². The number of H-pyrrole nitrogens is 1. The van der Waals surface area contributed by atoms with Crippen molar-refractivity contribution in [3.63, 3.8) is 0 Å². The SMILES string of the molecule is Cc1nc(C(C)C)sc1C(=O)Nc1ncn[nH]1. The van der Waals surface area contributed by atoms with Crippen LogP contribution in [0.15, 0.2) is 6.33 Å². The van der Waals surface area contributed by atoms with Crippen LogP contribution in [0.4, 0.5) is 5.95 Å². The maximum Gasteiger partial charge on any atom is 0.270 e. The smallest absolute Gasteiger partial charge is 0.270 e. The molecule has 0 aliphatic carbocycles. The minimum atomic E-state index is -0.205. The molecule has 0 saturated carbocycles. The van der Waals surface area contributed by atoms with Crippen molar-refractivity contribution < 1.29 is 4.79 Å². The summed E-state index contributed by atoms with van der Waals surface area (Å²) in [6.45, 7) is 5.94. The molecule has 0 atom stereocenters. The van der Waals surface area contributed by atoms with Gasteiger partial charge in [0, 0.05) is 5.92 Å². The first kappa shape index (κ1) is 11.7. The number of carbonyl (C=O) groups excluding carboxylic acids is 1. The molecule has 90 valence electrons. The monoisotopic (exact) mass is 251 g/mol. The molecule has 2 aromatic rings. The van der Waals surface area contributed by atoms with Gasteiger partial charge in [0.2, 0.25) is 5.95 Å². The zero-order valence-electron chi connectivity index (χ0n) is 9.81. The first-order chi connectivity index (χ1) is 8.08. The summed E-state index contributed by atoms with van der Waals surface area (Å²) in [5, 5.41) is 9.84.